The number of carbonyl (C=O) groups is 2. The van der Waals surface area contributed by atoms with Crippen molar-refractivity contribution in [3.63, 3.8) is 0 Å². The minimum absolute atomic E-state index is 0.0797. The Bertz CT molecular complexity index is 1380. The molecule has 0 saturated heterocycles. The Morgan fingerprint density at radius 2 is 1.90 bits per heavy atom. The van der Waals surface area contributed by atoms with Gasteiger partial charge in [-0.3, -0.25) is 14.5 Å². The van der Waals surface area contributed by atoms with Crippen molar-refractivity contribution in [3.8, 4) is 0 Å². The van der Waals surface area contributed by atoms with E-state index in [-0.39, 0.29) is 22.0 Å². The molecule has 0 saturated carbocycles. The molecular formula is C22H12F2N2O4S. The summed E-state index contributed by atoms with van der Waals surface area (Å²) in [7, 11) is 0. The largest absolute Gasteiger partial charge is 0.503 e. The third-order valence-corrected chi connectivity index (χ3v) is 5.92. The number of halogens is 2. The molecule has 0 spiro atoms. The number of fused-ring (bicyclic) bond motifs is 1. The van der Waals surface area contributed by atoms with Crippen molar-refractivity contribution in [1.82, 2.24) is 4.98 Å². The van der Waals surface area contributed by atoms with Gasteiger partial charge >= 0.3 is 0 Å². The number of aliphatic hydroxyl groups is 1. The molecular weight excluding hydrogens is 426 g/mol. The summed E-state index contributed by atoms with van der Waals surface area (Å²) in [6.07, 6.45) is 1.29. The van der Waals surface area contributed by atoms with Gasteiger partial charge in [0.1, 0.15) is 11.6 Å². The number of ketones is 1. The van der Waals surface area contributed by atoms with Crippen LogP contribution in [0.2, 0.25) is 0 Å². The first-order valence-corrected chi connectivity index (χ1v) is 9.92. The maximum atomic E-state index is 14.0. The van der Waals surface area contributed by atoms with Crippen molar-refractivity contribution in [2.45, 2.75) is 6.04 Å². The molecule has 4 aromatic rings. The predicted octanol–water partition coefficient (Wildman–Crippen LogP) is 4.95. The summed E-state index contributed by atoms with van der Waals surface area (Å²) >= 11 is 1.02. The highest BCUT2D eigenvalue weighted by Crippen LogP contribution is 2.44. The van der Waals surface area contributed by atoms with Gasteiger partial charge in [-0.05, 0) is 48.0 Å². The number of aromatic nitrogens is 1. The van der Waals surface area contributed by atoms with Crippen LogP contribution >= 0.6 is 11.3 Å². The molecule has 9 heteroatoms. The number of furan rings is 1. The summed E-state index contributed by atoms with van der Waals surface area (Å²) in [5.74, 6) is -3.48. The number of aliphatic hydroxyl groups excluding tert-OH is 1. The summed E-state index contributed by atoms with van der Waals surface area (Å²) in [4.78, 5) is 31.6. The highest BCUT2D eigenvalue weighted by molar-refractivity contribution is 7.22. The van der Waals surface area contributed by atoms with E-state index in [0.29, 0.717) is 10.2 Å². The average molecular weight is 438 g/mol. The fraction of sp³-hybridized carbons (Fsp3) is 0.0455. The molecule has 3 heterocycles. The number of carbonyl (C=O) groups excluding carboxylic acids is 2. The van der Waals surface area contributed by atoms with E-state index >= 15 is 0 Å². The van der Waals surface area contributed by atoms with Crippen molar-refractivity contribution in [1.29, 1.82) is 0 Å². The van der Waals surface area contributed by atoms with E-state index in [2.05, 4.69) is 4.98 Å². The lowest BCUT2D eigenvalue weighted by Gasteiger charge is -2.24. The van der Waals surface area contributed by atoms with Crippen LogP contribution in [-0.4, -0.2) is 21.8 Å². The number of thiazole rings is 1. The van der Waals surface area contributed by atoms with Gasteiger partial charge in [-0.25, -0.2) is 13.8 Å². The van der Waals surface area contributed by atoms with Crippen LogP contribution in [0.1, 0.15) is 22.2 Å². The van der Waals surface area contributed by atoms with E-state index in [4.69, 9.17) is 4.42 Å². The fourth-order valence-electron chi connectivity index (χ4n) is 3.56. The molecule has 154 valence electrons. The van der Waals surface area contributed by atoms with Crippen LogP contribution < -0.4 is 4.90 Å². The molecule has 6 nitrogen and oxygen atoms in total. The molecule has 1 amide bonds. The van der Waals surface area contributed by atoms with Gasteiger partial charge in [0.05, 0.1) is 28.1 Å². The zero-order chi connectivity index (χ0) is 21.7. The van der Waals surface area contributed by atoms with Gasteiger partial charge in [0, 0.05) is 0 Å². The van der Waals surface area contributed by atoms with Crippen molar-refractivity contribution >= 4 is 38.4 Å². The minimum Gasteiger partial charge on any atom is -0.503 e. The summed E-state index contributed by atoms with van der Waals surface area (Å²) in [6, 6.07) is 11.1. The molecule has 2 aromatic heterocycles. The molecule has 2 aromatic carbocycles. The first-order valence-electron chi connectivity index (χ1n) is 9.10. The van der Waals surface area contributed by atoms with Gasteiger partial charge in [0.15, 0.2) is 16.7 Å². The zero-order valence-corrected chi connectivity index (χ0v) is 16.4. The normalized spacial score (nSPS) is 16.5. The maximum Gasteiger partial charge on any atom is 0.296 e. The van der Waals surface area contributed by atoms with E-state index in [1.807, 2.05) is 0 Å². The number of benzene rings is 2. The Morgan fingerprint density at radius 3 is 2.65 bits per heavy atom. The van der Waals surface area contributed by atoms with E-state index in [1.54, 1.807) is 0 Å². The van der Waals surface area contributed by atoms with Crippen LogP contribution in [0, 0.1) is 11.6 Å². The molecule has 0 fully saturated rings. The average Bonchev–Trinajstić information content (AvgIpc) is 3.46. The number of Topliss-reactive ketones (excluding diaryl/α,β-unsaturated/α-hetero) is 1. The van der Waals surface area contributed by atoms with Gasteiger partial charge in [-0.1, -0.05) is 23.5 Å². The second kappa shape index (κ2) is 7.13. The molecule has 1 unspecified atom stereocenters. The second-order valence-electron chi connectivity index (χ2n) is 6.81. The second-order valence-corrected chi connectivity index (χ2v) is 7.82. The fourth-order valence-corrected chi connectivity index (χ4v) is 4.57. The highest BCUT2D eigenvalue weighted by Gasteiger charge is 2.46. The Morgan fingerprint density at radius 1 is 1.10 bits per heavy atom. The van der Waals surface area contributed by atoms with Crippen LogP contribution in [0.15, 0.2) is 76.6 Å². The molecule has 1 aliphatic heterocycles. The van der Waals surface area contributed by atoms with Crippen LogP contribution in [0.25, 0.3) is 10.2 Å². The Balaban J connectivity index is 1.70. The van der Waals surface area contributed by atoms with Crippen LogP contribution in [0.5, 0.6) is 0 Å². The molecule has 1 aliphatic rings. The lowest BCUT2D eigenvalue weighted by molar-refractivity contribution is -0.117. The lowest BCUT2D eigenvalue weighted by Crippen LogP contribution is -2.31. The first kappa shape index (κ1) is 19.1. The maximum absolute atomic E-state index is 14.0. The number of anilines is 1. The van der Waals surface area contributed by atoms with Crippen LogP contribution in [0.3, 0.4) is 0 Å². The summed E-state index contributed by atoms with van der Waals surface area (Å²) in [5.41, 5.74) is 0.450. The van der Waals surface area contributed by atoms with Crippen LogP contribution in [0.4, 0.5) is 13.9 Å². The van der Waals surface area contributed by atoms with Gasteiger partial charge in [0.25, 0.3) is 5.91 Å². The van der Waals surface area contributed by atoms with E-state index in [0.717, 1.165) is 16.2 Å². The highest BCUT2D eigenvalue weighted by atomic mass is 32.1. The first-order chi connectivity index (χ1) is 14.9. The predicted molar refractivity (Wildman–Crippen MR) is 109 cm³/mol. The summed E-state index contributed by atoms with van der Waals surface area (Å²) < 4.78 is 33.3. The standard InChI is InChI=1S/C22H12F2N2O4S/c23-12-4-1-3-11(9-12)18-17(19(27)15-5-2-8-30-15)20(28)21(29)26(18)22-25-14-7-6-13(24)10-16(14)31-22/h1-10,18,28H. The monoisotopic (exact) mass is 438 g/mol. The van der Waals surface area contributed by atoms with Gasteiger partial charge < -0.3 is 9.52 Å². The van der Waals surface area contributed by atoms with Crippen LogP contribution in [-0.2, 0) is 4.79 Å². The number of nitrogens with zero attached hydrogens (tertiary/aromatic N) is 2. The molecule has 5 rings (SSSR count). The van der Waals surface area contributed by atoms with Crippen molar-refractivity contribution in [3.05, 3.63) is 95.2 Å². The molecule has 1 N–H and O–H groups in total. The Hall–Kier alpha value is -3.85. The molecule has 1 atom stereocenters. The molecule has 0 bridgehead atoms. The Labute approximate surface area is 177 Å². The lowest BCUT2D eigenvalue weighted by atomic mass is 9.95. The van der Waals surface area contributed by atoms with Crippen molar-refractivity contribution < 1.29 is 27.9 Å². The zero-order valence-electron chi connectivity index (χ0n) is 15.6. The molecule has 0 radical (unpaired) electrons. The number of rotatable bonds is 4. The number of amides is 1. The quantitative estimate of drug-likeness (QED) is 0.456. The molecule has 0 aliphatic carbocycles. The number of hydrogen-bond donors (Lipinski definition) is 1. The summed E-state index contributed by atoms with van der Waals surface area (Å²) in [5, 5.41) is 10.8. The SMILES string of the molecule is O=C(C1=C(O)C(=O)N(c2nc3ccc(F)cc3s2)C1c1cccc(F)c1)c1ccco1. The van der Waals surface area contributed by atoms with E-state index in [9.17, 15) is 23.5 Å². The summed E-state index contributed by atoms with van der Waals surface area (Å²) in [6.45, 7) is 0. The third-order valence-electron chi connectivity index (χ3n) is 4.91. The Kier molecular flexibility index (Phi) is 4.40. The number of hydrogen-bond acceptors (Lipinski definition) is 6. The minimum atomic E-state index is -1.15. The van der Waals surface area contributed by atoms with E-state index < -0.39 is 35.1 Å². The van der Waals surface area contributed by atoms with Gasteiger partial charge in [0.2, 0.25) is 5.78 Å². The van der Waals surface area contributed by atoms with Crippen molar-refractivity contribution in [2.24, 2.45) is 0 Å². The smallest absolute Gasteiger partial charge is 0.296 e. The van der Waals surface area contributed by atoms with E-state index in [1.165, 1.54) is 60.9 Å². The van der Waals surface area contributed by atoms with Crippen molar-refractivity contribution in [2.75, 3.05) is 4.90 Å². The van der Waals surface area contributed by atoms with Gasteiger partial charge in [-0.2, -0.15) is 0 Å². The third kappa shape index (κ3) is 3.10. The van der Waals surface area contributed by atoms with Gasteiger partial charge in [-0.15, -0.1) is 0 Å². The topological polar surface area (TPSA) is 83.6 Å². The molecule has 31 heavy (non-hydrogen) atoms.